The van der Waals surface area contributed by atoms with E-state index in [1.54, 1.807) is 24.3 Å². The predicted molar refractivity (Wildman–Crippen MR) is 68.3 cm³/mol. The van der Waals surface area contributed by atoms with Crippen molar-refractivity contribution in [1.29, 1.82) is 5.26 Å². The van der Waals surface area contributed by atoms with Crippen LogP contribution < -0.4 is 4.74 Å². The van der Waals surface area contributed by atoms with Gasteiger partial charge in [0.2, 0.25) is 0 Å². The molecule has 2 aromatic carbocycles. The molecule has 2 aromatic rings. The Kier molecular flexibility index (Phi) is 3.61. The molecule has 3 heteroatoms. The lowest BCUT2D eigenvalue weighted by Crippen LogP contribution is -1.94. The highest BCUT2D eigenvalue weighted by atomic mass is 16.5. The smallest absolute Gasteiger partial charge is 0.145 e. The molecule has 3 nitrogen and oxygen atoms in total. The van der Waals surface area contributed by atoms with Crippen molar-refractivity contribution in [2.24, 2.45) is 0 Å². The number of rotatable bonds is 3. The van der Waals surface area contributed by atoms with E-state index in [9.17, 15) is 5.11 Å². The molecule has 0 atom stereocenters. The van der Waals surface area contributed by atoms with Gasteiger partial charge in [0, 0.05) is 5.56 Å². The molecule has 0 aliphatic rings. The summed E-state index contributed by atoms with van der Waals surface area (Å²) in [6, 6.07) is 14.7. The summed E-state index contributed by atoms with van der Waals surface area (Å²) in [7, 11) is 0. The van der Waals surface area contributed by atoms with Gasteiger partial charge in [0.05, 0.1) is 12.2 Å². The molecule has 1 N–H and O–H groups in total. The largest absolute Gasteiger partial charge is 0.456 e. The van der Waals surface area contributed by atoms with Crippen LogP contribution in [0, 0.1) is 18.3 Å². The second-order valence-electron chi connectivity index (χ2n) is 3.98. The highest BCUT2D eigenvalue weighted by molar-refractivity contribution is 5.47. The standard InChI is InChI=1S/C15H13NO2/c1-11-6-7-15(13(8-11)10-17)18-14-5-3-2-4-12(14)9-16/h2-8,17H,10H2,1H3. The van der Waals surface area contributed by atoms with Gasteiger partial charge in [0.25, 0.3) is 0 Å². The van der Waals surface area contributed by atoms with E-state index < -0.39 is 0 Å². The van der Waals surface area contributed by atoms with Crippen LogP contribution in [0.3, 0.4) is 0 Å². The fraction of sp³-hybridized carbons (Fsp3) is 0.133. The molecule has 0 saturated heterocycles. The van der Waals surface area contributed by atoms with E-state index in [2.05, 4.69) is 6.07 Å². The van der Waals surface area contributed by atoms with Gasteiger partial charge in [-0.1, -0.05) is 29.8 Å². The van der Waals surface area contributed by atoms with E-state index in [0.717, 1.165) is 5.56 Å². The molecule has 0 saturated carbocycles. The molecule has 90 valence electrons. The zero-order valence-electron chi connectivity index (χ0n) is 10.1. The zero-order valence-corrected chi connectivity index (χ0v) is 10.1. The van der Waals surface area contributed by atoms with Crippen molar-refractivity contribution in [3.8, 4) is 17.6 Å². The number of hydrogen-bond acceptors (Lipinski definition) is 3. The third-order valence-electron chi connectivity index (χ3n) is 2.61. The van der Waals surface area contributed by atoms with Crippen LogP contribution in [0.15, 0.2) is 42.5 Å². The summed E-state index contributed by atoms with van der Waals surface area (Å²) in [5, 5.41) is 18.3. The van der Waals surface area contributed by atoms with Gasteiger partial charge in [-0.3, -0.25) is 0 Å². The fourth-order valence-corrected chi connectivity index (χ4v) is 1.70. The van der Waals surface area contributed by atoms with Crippen LogP contribution in [-0.2, 0) is 6.61 Å². The molecule has 0 spiro atoms. The topological polar surface area (TPSA) is 53.2 Å². The maximum Gasteiger partial charge on any atom is 0.145 e. The Morgan fingerprint density at radius 2 is 1.94 bits per heavy atom. The molecule has 0 aromatic heterocycles. The molecular weight excluding hydrogens is 226 g/mol. The van der Waals surface area contributed by atoms with Gasteiger partial charge < -0.3 is 9.84 Å². The van der Waals surface area contributed by atoms with Crippen molar-refractivity contribution >= 4 is 0 Å². The molecule has 0 bridgehead atoms. The molecule has 0 radical (unpaired) electrons. The average molecular weight is 239 g/mol. The first-order valence-corrected chi connectivity index (χ1v) is 5.62. The Hall–Kier alpha value is -2.31. The number of aliphatic hydroxyl groups is 1. The number of para-hydroxylation sites is 1. The highest BCUT2D eigenvalue weighted by Crippen LogP contribution is 2.28. The van der Waals surface area contributed by atoms with Crippen LogP contribution >= 0.6 is 0 Å². The average Bonchev–Trinajstić information content (AvgIpc) is 2.41. The van der Waals surface area contributed by atoms with Crippen LogP contribution in [0.5, 0.6) is 11.5 Å². The van der Waals surface area contributed by atoms with Crippen molar-refractivity contribution in [3.63, 3.8) is 0 Å². The summed E-state index contributed by atoms with van der Waals surface area (Å²) in [5.74, 6) is 1.07. The fourth-order valence-electron chi connectivity index (χ4n) is 1.70. The molecule has 0 amide bonds. The van der Waals surface area contributed by atoms with E-state index in [4.69, 9.17) is 10.00 Å². The minimum atomic E-state index is -0.0915. The Bertz CT molecular complexity index is 600. The number of benzene rings is 2. The number of hydrogen-bond donors (Lipinski definition) is 1. The van der Waals surface area contributed by atoms with E-state index in [-0.39, 0.29) is 6.61 Å². The number of aryl methyl sites for hydroxylation is 1. The van der Waals surface area contributed by atoms with E-state index >= 15 is 0 Å². The first-order valence-electron chi connectivity index (χ1n) is 5.62. The number of ether oxygens (including phenoxy) is 1. The second-order valence-corrected chi connectivity index (χ2v) is 3.98. The SMILES string of the molecule is Cc1ccc(Oc2ccccc2C#N)c(CO)c1. The molecule has 0 aliphatic carbocycles. The van der Waals surface area contributed by atoms with Crippen LogP contribution in [0.2, 0.25) is 0 Å². The summed E-state index contributed by atoms with van der Waals surface area (Å²) >= 11 is 0. The summed E-state index contributed by atoms with van der Waals surface area (Å²) in [5.41, 5.74) is 2.24. The lowest BCUT2D eigenvalue weighted by atomic mass is 10.1. The number of nitriles is 1. The zero-order chi connectivity index (χ0) is 13.0. The Labute approximate surface area is 106 Å². The van der Waals surface area contributed by atoms with E-state index in [1.165, 1.54) is 0 Å². The Morgan fingerprint density at radius 3 is 2.67 bits per heavy atom. The van der Waals surface area contributed by atoms with Gasteiger partial charge in [-0.05, 0) is 25.1 Å². The summed E-state index contributed by atoms with van der Waals surface area (Å²) < 4.78 is 5.69. The van der Waals surface area contributed by atoms with Gasteiger partial charge in [0.15, 0.2) is 0 Å². The van der Waals surface area contributed by atoms with Crippen molar-refractivity contribution in [2.75, 3.05) is 0 Å². The molecule has 0 unspecified atom stereocenters. The van der Waals surface area contributed by atoms with Gasteiger partial charge in [-0.25, -0.2) is 0 Å². The van der Waals surface area contributed by atoms with Crippen LogP contribution in [0.1, 0.15) is 16.7 Å². The maximum atomic E-state index is 9.30. The van der Waals surface area contributed by atoms with Crippen molar-refractivity contribution < 1.29 is 9.84 Å². The molecule has 0 fully saturated rings. The van der Waals surface area contributed by atoms with Crippen LogP contribution in [0.4, 0.5) is 0 Å². The molecule has 18 heavy (non-hydrogen) atoms. The number of aliphatic hydroxyl groups excluding tert-OH is 1. The minimum absolute atomic E-state index is 0.0915. The van der Waals surface area contributed by atoms with Gasteiger partial charge in [-0.2, -0.15) is 5.26 Å². The third-order valence-corrected chi connectivity index (χ3v) is 2.61. The molecule has 0 heterocycles. The summed E-state index contributed by atoms with van der Waals surface area (Å²) in [6.45, 7) is 1.86. The first kappa shape index (κ1) is 12.2. The van der Waals surface area contributed by atoms with Gasteiger partial charge >= 0.3 is 0 Å². The minimum Gasteiger partial charge on any atom is -0.456 e. The summed E-state index contributed by atoms with van der Waals surface area (Å²) in [6.07, 6.45) is 0. The van der Waals surface area contributed by atoms with E-state index in [1.807, 2.05) is 25.1 Å². The normalized spacial score (nSPS) is 9.83. The molecule has 0 aliphatic heterocycles. The lowest BCUT2D eigenvalue weighted by molar-refractivity contribution is 0.276. The predicted octanol–water partition coefficient (Wildman–Crippen LogP) is 3.15. The molecular formula is C15H13NO2. The lowest BCUT2D eigenvalue weighted by Gasteiger charge is -2.11. The van der Waals surface area contributed by atoms with Crippen molar-refractivity contribution in [3.05, 3.63) is 59.2 Å². The van der Waals surface area contributed by atoms with Crippen molar-refractivity contribution in [1.82, 2.24) is 0 Å². The van der Waals surface area contributed by atoms with Gasteiger partial charge in [0.1, 0.15) is 17.6 Å². The third kappa shape index (κ3) is 2.50. The Balaban J connectivity index is 2.37. The van der Waals surface area contributed by atoms with Crippen molar-refractivity contribution in [2.45, 2.75) is 13.5 Å². The Morgan fingerprint density at radius 1 is 1.17 bits per heavy atom. The second kappa shape index (κ2) is 5.35. The maximum absolute atomic E-state index is 9.30. The van der Waals surface area contributed by atoms with Gasteiger partial charge in [-0.15, -0.1) is 0 Å². The monoisotopic (exact) mass is 239 g/mol. The molecule has 2 rings (SSSR count). The highest BCUT2D eigenvalue weighted by Gasteiger charge is 2.07. The number of nitrogens with zero attached hydrogens (tertiary/aromatic N) is 1. The first-order chi connectivity index (χ1) is 8.74. The quantitative estimate of drug-likeness (QED) is 0.895. The van der Waals surface area contributed by atoms with Crippen LogP contribution in [-0.4, -0.2) is 5.11 Å². The van der Waals surface area contributed by atoms with Crippen LogP contribution in [0.25, 0.3) is 0 Å². The van der Waals surface area contributed by atoms with E-state index in [0.29, 0.717) is 22.6 Å². The summed E-state index contributed by atoms with van der Waals surface area (Å²) in [4.78, 5) is 0.